The molecule has 0 radical (unpaired) electrons. The van der Waals surface area contributed by atoms with Gasteiger partial charge in [-0.1, -0.05) is 7.43 Å². The van der Waals surface area contributed by atoms with Crippen molar-refractivity contribution < 1.29 is 29.0 Å². The number of esters is 2. The third kappa shape index (κ3) is 8.31. The van der Waals surface area contributed by atoms with Crippen LogP contribution in [0.5, 0.6) is 0 Å². The van der Waals surface area contributed by atoms with Gasteiger partial charge < -0.3 is 19.4 Å². The summed E-state index contributed by atoms with van der Waals surface area (Å²) in [5, 5.41) is 8.59. The second-order valence-electron chi connectivity index (χ2n) is 4.86. The zero-order valence-electron chi connectivity index (χ0n) is 11.8. The maximum atomic E-state index is 10.7. The van der Waals surface area contributed by atoms with E-state index in [4.69, 9.17) is 5.11 Å². The summed E-state index contributed by atoms with van der Waals surface area (Å²) in [6.45, 7) is 6.08. The van der Waals surface area contributed by atoms with Gasteiger partial charge in [0.25, 0.3) is 0 Å². The molecule has 1 N–H and O–H groups in total. The summed E-state index contributed by atoms with van der Waals surface area (Å²) >= 11 is 0. The Hall–Kier alpha value is -1.43. The Labute approximate surface area is 115 Å². The van der Waals surface area contributed by atoms with Crippen LogP contribution in [0.25, 0.3) is 0 Å². The molecule has 0 aliphatic rings. The van der Waals surface area contributed by atoms with E-state index in [1.807, 2.05) is 0 Å². The predicted octanol–water partition coefficient (Wildman–Crippen LogP) is 1.20. The lowest BCUT2D eigenvalue weighted by atomic mass is 9.95. The zero-order chi connectivity index (χ0) is 15.0. The number of hydrogen-bond acceptors (Lipinski definition) is 6. The normalized spacial score (nSPS) is 10.3. The Morgan fingerprint density at radius 3 is 1.53 bits per heavy atom. The monoisotopic (exact) mass is 278 g/mol. The molecule has 114 valence electrons. The van der Waals surface area contributed by atoms with Crippen LogP contribution in [-0.4, -0.2) is 44.2 Å². The van der Waals surface area contributed by atoms with E-state index in [1.54, 1.807) is 13.8 Å². The topological polar surface area (TPSA) is 89.9 Å². The van der Waals surface area contributed by atoms with Crippen molar-refractivity contribution in [3.63, 3.8) is 0 Å². The van der Waals surface area contributed by atoms with E-state index in [-0.39, 0.29) is 20.0 Å². The van der Waals surface area contributed by atoms with E-state index in [2.05, 4.69) is 9.47 Å². The highest BCUT2D eigenvalue weighted by atomic mass is 16.5. The van der Waals surface area contributed by atoms with Crippen LogP contribution in [0.15, 0.2) is 0 Å². The van der Waals surface area contributed by atoms with Crippen molar-refractivity contribution in [1.82, 2.24) is 0 Å². The number of methoxy groups -OCH3 is 2. The maximum Gasteiger partial charge on any atom is 0.318 e. The third-order valence-electron chi connectivity index (χ3n) is 2.14. The largest absolute Gasteiger partial charge is 0.469 e. The SMILES string of the molecule is C.COC(=O)C(C)(C)C=O.COC(=O)C(C)(C)CO. The van der Waals surface area contributed by atoms with Gasteiger partial charge in [0, 0.05) is 0 Å². The fourth-order valence-electron chi connectivity index (χ4n) is 0.652. The van der Waals surface area contributed by atoms with Crippen LogP contribution in [0.2, 0.25) is 0 Å². The molecule has 0 aromatic carbocycles. The standard InChI is InChI=1S/C6H12O3.C6H10O3.CH4/c2*1-6(2,4-7)5(8)9-3;/h7H,4H2,1-3H3;4H,1-3H3;1H4. The number of hydrogen-bond donors (Lipinski definition) is 1. The Bertz CT molecular complexity index is 294. The summed E-state index contributed by atoms with van der Waals surface area (Å²) in [6, 6.07) is 0. The summed E-state index contributed by atoms with van der Waals surface area (Å²) < 4.78 is 8.74. The van der Waals surface area contributed by atoms with Crippen LogP contribution in [0.1, 0.15) is 35.1 Å². The second kappa shape index (κ2) is 9.49. The van der Waals surface area contributed by atoms with Crippen LogP contribution in [0, 0.1) is 10.8 Å². The molecule has 0 heterocycles. The average Bonchev–Trinajstić information content (AvgIpc) is 2.37. The zero-order valence-corrected chi connectivity index (χ0v) is 11.8. The Balaban J connectivity index is -0.000000256. The van der Waals surface area contributed by atoms with Gasteiger partial charge in [-0.05, 0) is 27.7 Å². The lowest BCUT2D eigenvalue weighted by Gasteiger charge is -2.16. The molecule has 0 saturated carbocycles. The first kappa shape index (κ1) is 22.7. The lowest BCUT2D eigenvalue weighted by Crippen LogP contribution is -2.29. The molecule has 0 aliphatic heterocycles. The van der Waals surface area contributed by atoms with Gasteiger partial charge in [-0.15, -0.1) is 0 Å². The smallest absolute Gasteiger partial charge is 0.318 e. The molecule has 0 atom stereocenters. The number of carbonyl (C=O) groups excluding carboxylic acids is 3. The highest BCUT2D eigenvalue weighted by molar-refractivity contribution is 5.91. The van der Waals surface area contributed by atoms with Gasteiger partial charge in [0.15, 0.2) is 0 Å². The predicted molar refractivity (Wildman–Crippen MR) is 71.5 cm³/mol. The molecule has 0 saturated heterocycles. The molecule has 0 rings (SSSR count). The van der Waals surface area contributed by atoms with Crippen molar-refractivity contribution in [1.29, 1.82) is 0 Å². The quantitative estimate of drug-likeness (QED) is 0.472. The van der Waals surface area contributed by atoms with Crippen LogP contribution in [-0.2, 0) is 23.9 Å². The highest BCUT2D eigenvalue weighted by Crippen LogP contribution is 2.14. The van der Waals surface area contributed by atoms with E-state index >= 15 is 0 Å². The number of rotatable bonds is 4. The minimum Gasteiger partial charge on any atom is -0.469 e. The fourth-order valence-corrected chi connectivity index (χ4v) is 0.652. The van der Waals surface area contributed by atoms with Crippen LogP contribution >= 0.6 is 0 Å². The number of aliphatic hydroxyl groups excluding tert-OH is 1. The van der Waals surface area contributed by atoms with Gasteiger partial charge >= 0.3 is 11.9 Å². The molecule has 0 aromatic heterocycles. The van der Waals surface area contributed by atoms with Crippen molar-refractivity contribution in [2.75, 3.05) is 20.8 Å². The van der Waals surface area contributed by atoms with Crippen LogP contribution in [0.4, 0.5) is 0 Å². The first-order valence-corrected chi connectivity index (χ1v) is 5.33. The molecule has 0 aromatic rings. The number of aliphatic hydroxyl groups is 1. The summed E-state index contributed by atoms with van der Waals surface area (Å²) in [7, 11) is 2.56. The van der Waals surface area contributed by atoms with Gasteiger partial charge in [0.1, 0.15) is 11.7 Å². The summed E-state index contributed by atoms with van der Waals surface area (Å²) in [5.74, 6) is -0.887. The Morgan fingerprint density at radius 1 is 1.05 bits per heavy atom. The minimum atomic E-state index is -0.991. The number of ether oxygens (including phenoxy) is 2. The molecule has 0 aliphatic carbocycles. The Kier molecular flexibility index (Phi) is 11.4. The number of carbonyl (C=O) groups is 3. The van der Waals surface area contributed by atoms with E-state index in [9.17, 15) is 14.4 Å². The second-order valence-corrected chi connectivity index (χ2v) is 4.86. The molecular formula is C13H26O6. The van der Waals surface area contributed by atoms with E-state index in [1.165, 1.54) is 28.1 Å². The van der Waals surface area contributed by atoms with E-state index < -0.39 is 16.8 Å². The van der Waals surface area contributed by atoms with Crippen molar-refractivity contribution >= 4 is 18.2 Å². The van der Waals surface area contributed by atoms with Gasteiger partial charge in [0.05, 0.1) is 26.2 Å². The average molecular weight is 278 g/mol. The molecule has 0 amide bonds. The van der Waals surface area contributed by atoms with Gasteiger partial charge in [-0.2, -0.15) is 0 Å². The van der Waals surface area contributed by atoms with E-state index in [0.717, 1.165) is 0 Å². The molecule has 0 unspecified atom stereocenters. The number of aldehydes is 1. The van der Waals surface area contributed by atoms with Gasteiger partial charge in [-0.3, -0.25) is 9.59 Å². The van der Waals surface area contributed by atoms with Crippen LogP contribution < -0.4 is 0 Å². The van der Waals surface area contributed by atoms with Crippen LogP contribution in [0.3, 0.4) is 0 Å². The first-order chi connectivity index (χ1) is 8.08. The highest BCUT2D eigenvalue weighted by Gasteiger charge is 2.27. The van der Waals surface area contributed by atoms with Gasteiger partial charge in [0.2, 0.25) is 0 Å². The summed E-state index contributed by atoms with van der Waals surface area (Å²) in [4.78, 5) is 31.4. The fraction of sp³-hybridized carbons (Fsp3) is 0.769. The molecule has 6 nitrogen and oxygen atoms in total. The molecule has 0 spiro atoms. The minimum absolute atomic E-state index is 0. The molecular weight excluding hydrogens is 252 g/mol. The summed E-state index contributed by atoms with van der Waals surface area (Å²) in [5.41, 5.74) is -1.75. The molecule has 6 heteroatoms. The molecule has 0 bridgehead atoms. The first-order valence-electron chi connectivity index (χ1n) is 5.33. The van der Waals surface area contributed by atoms with Crippen molar-refractivity contribution in [2.45, 2.75) is 35.1 Å². The van der Waals surface area contributed by atoms with Crippen molar-refractivity contribution in [3.8, 4) is 0 Å². The molecule has 19 heavy (non-hydrogen) atoms. The van der Waals surface area contributed by atoms with Gasteiger partial charge in [-0.25, -0.2) is 0 Å². The summed E-state index contributed by atoms with van der Waals surface area (Å²) in [6.07, 6.45) is 0.568. The molecule has 0 fully saturated rings. The Morgan fingerprint density at radius 2 is 1.42 bits per heavy atom. The maximum absolute atomic E-state index is 10.7. The van der Waals surface area contributed by atoms with Crippen molar-refractivity contribution in [3.05, 3.63) is 0 Å². The lowest BCUT2D eigenvalue weighted by molar-refractivity contribution is -0.153. The third-order valence-corrected chi connectivity index (χ3v) is 2.14. The van der Waals surface area contributed by atoms with Crippen molar-refractivity contribution in [2.24, 2.45) is 10.8 Å². The van der Waals surface area contributed by atoms with E-state index in [0.29, 0.717) is 6.29 Å².